The lowest BCUT2D eigenvalue weighted by Gasteiger charge is -2.13. The summed E-state index contributed by atoms with van der Waals surface area (Å²) in [5.74, 6) is 0.251. The summed E-state index contributed by atoms with van der Waals surface area (Å²) in [7, 11) is 1.36. The van der Waals surface area contributed by atoms with Crippen LogP contribution in [0.4, 0.5) is 13.2 Å². The van der Waals surface area contributed by atoms with E-state index < -0.39 is 11.7 Å². The molecule has 6 heteroatoms. The number of alkyl halides is 3. The number of methoxy groups -OCH3 is 1. The molecule has 0 aliphatic carbocycles. The van der Waals surface area contributed by atoms with Gasteiger partial charge < -0.3 is 4.74 Å². The van der Waals surface area contributed by atoms with Gasteiger partial charge in [0, 0.05) is 4.90 Å². The molecule has 0 saturated heterocycles. The van der Waals surface area contributed by atoms with E-state index in [1.54, 1.807) is 6.26 Å². The molecule has 0 aliphatic heterocycles. The van der Waals surface area contributed by atoms with E-state index in [1.165, 1.54) is 13.2 Å². The second kappa shape index (κ2) is 4.82. The van der Waals surface area contributed by atoms with E-state index in [0.29, 0.717) is 3.57 Å². The summed E-state index contributed by atoms with van der Waals surface area (Å²) in [6.45, 7) is 0. The van der Waals surface area contributed by atoms with Crippen LogP contribution in [0.2, 0.25) is 0 Å². The minimum Gasteiger partial charge on any atom is -0.496 e. The van der Waals surface area contributed by atoms with Crippen molar-refractivity contribution in [2.45, 2.75) is 11.1 Å². The number of halogens is 4. The molecule has 1 nitrogen and oxygen atoms in total. The van der Waals surface area contributed by atoms with E-state index in [-0.39, 0.29) is 10.6 Å². The van der Waals surface area contributed by atoms with Gasteiger partial charge in [0.15, 0.2) is 0 Å². The average molecular weight is 348 g/mol. The van der Waals surface area contributed by atoms with Crippen LogP contribution in [-0.2, 0) is 6.18 Å². The van der Waals surface area contributed by atoms with Crippen molar-refractivity contribution in [2.24, 2.45) is 0 Å². The lowest BCUT2D eigenvalue weighted by Crippen LogP contribution is -2.07. The van der Waals surface area contributed by atoms with E-state index >= 15 is 0 Å². The van der Waals surface area contributed by atoms with Crippen molar-refractivity contribution in [1.82, 2.24) is 0 Å². The normalized spacial score (nSPS) is 11.6. The van der Waals surface area contributed by atoms with Crippen LogP contribution in [0.5, 0.6) is 5.75 Å². The van der Waals surface area contributed by atoms with Gasteiger partial charge in [0.2, 0.25) is 0 Å². The monoisotopic (exact) mass is 348 g/mol. The molecule has 0 fully saturated rings. The first-order valence-corrected chi connectivity index (χ1v) is 6.19. The van der Waals surface area contributed by atoms with Crippen molar-refractivity contribution in [1.29, 1.82) is 0 Å². The van der Waals surface area contributed by atoms with Gasteiger partial charge in [-0.15, -0.1) is 11.8 Å². The van der Waals surface area contributed by atoms with Crippen LogP contribution in [-0.4, -0.2) is 13.4 Å². The number of rotatable bonds is 2. The molecule has 0 N–H and O–H groups in total. The number of ether oxygens (including phenoxy) is 1. The zero-order valence-electron chi connectivity index (χ0n) is 7.98. The van der Waals surface area contributed by atoms with Crippen molar-refractivity contribution >= 4 is 34.4 Å². The van der Waals surface area contributed by atoms with Gasteiger partial charge in [-0.25, -0.2) is 0 Å². The second-order valence-electron chi connectivity index (χ2n) is 2.68. The number of hydrogen-bond donors (Lipinski definition) is 0. The summed E-state index contributed by atoms with van der Waals surface area (Å²) in [6.07, 6.45) is -2.72. The maximum atomic E-state index is 12.6. The molecular formula is C9H8F3IOS. The molecule has 0 amide bonds. The first-order chi connectivity index (χ1) is 6.90. The standard InChI is InChI=1S/C9H8F3IOS/c1-14-7-3-5(9(10,11)12)8(15-2)4-6(7)13/h3-4H,1-2H3. The Morgan fingerprint density at radius 2 is 1.93 bits per heavy atom. The largest absolute Gasteiger partial charge is 0.496 e. The van der Waals surface area contributed by atoms with Gasteiger partial charge in [0.05, 0.1) is 16.2 Å². The second-order valence-corrected chi connectivity index (χ2v) is 4.70. The number of benzene rings is 1. The third kappa shape index (κ3) is 2.93. The molecule has 84 valence electrons. The zero-order valence-corrected chi connectivity index (χ0v) is 11.0. The Morgan fingerprint density at radius 3 is 2.33 bits per heavy atom. The molecule has 1 aromatic carbocycles. The molecule has 0 radical (unpaired) electrons. The number of thioether (sulfide) groups is 1. The summed E-state index contributed by atoms with van der Waals surface area (Å²) in [5, 5.41) is 0. The highest BCUT2D eigenvalue weighted by atomic mass is 127. The average Bonchev–Trinajstić information content (AvgIpc) is 2.15. The summed E-state index contributed by atoms with van der Waals surface area (Å²) >= 11 is 3.02. The van der Waals surface area contributed by atoms with Gasteiger partial charge in [-0.1, -0.05) is 0 Å². The molecule has 0 aromatic heterocycles. The van der Waals surface area contributed by atoms with E-state index in [1.807, 2.05) is 22.6 Å². The minimum absolute atomic E-state index is 0.215. The van der Waals surface area contributed by atoms with E-state index in [9.17, 15) is 13.2 Å². The van der Waals surface area contributed by atoms with Crippen LogP contribution in [0.15, 0.2) is 17.0 Å². The molecule has 0 saturated carbocycles. The lowest BCUT2D eigenvalue weighted by atomic mass is 10.2. The summed E-state index contributed by atoms with van der Waals surface area (Å²) < 4.78 is 43.4. The zero-order chi connectivity index (χ0) is 11.6. The highest BCUT2D eigenvalue weighted by Gasteiger charge is 2.34. The van der Waals surface area contributed by atoms with Crippen LogP contribution in [0, 0.1) is 3.57 Å². The molecule has 0 heterocycles. The smallest absolute Gasteiger partial charge is 0.417 e. The van der Waals surface area contributed by atoms with E-state index in [2.05, 4.69) is 0 Å². The Hall–Kier alpha value is -0.110. The fourth-order valence-electron chi connectivity index (χ4n) is 1.08. The molecule has 0 atom stereocenters. The van der Waals surface area contributed by atoms with E-state index in [0.717, 1.165) is 17.8 Å². The van der Waals surface area contributed by atoms with Gasteiger partial charge in [-0.3, -0.25) is 0 Å². The van der Waals surface area contributed by atoms with Crippen molar-refractivity contribution in [2.75, 3.05) is 13.4 Å². The quantitative estimate of drug-likeness (QED) is 0.589. The highest BCUT2D eigenvalue weighted by Crippen LogP contribution is 2.39. The van der Waals surface area contributed by atoms with Crippen molar-refractivity contribution < 1.29 is 17.9 Å². The highest BCUT2D eigenvalue weighted by molar-refractivity contribution is 14.1. The third-order valence-electron chi connectivity index (χ3n) is 1.78. The molecule has 1 aromatic rings. The minimum atomic E-state index is -4.34. The molecule has 0 bridgehead atoms. The molecule has 15 heavy (non-hydrogen) atoms. The Bertz CT molecular complexity index is 365. The Balaban J connectivity index is 3.36. The summed E-state index contributed by atoms with van der Waals surface area (Å²) in [6, 6.07) is 2.51. The van der Waals surface area contributed by atoms with Crippen molar-refractivity contribution in [3.05, 3.63) is 21.3 Å². The van der Waals surface area contributed by atoms with Crippen molar-refractivity contribution in [3.8, 4) is 5.75 Å². The first kappa shape index (κ1) is 13.0. The molecular weight excluding hydrogens is 340 g/mol. The van der Waals surface area contributed by atoms with Crippen molar-refractivity contribution in [3.63, 3.8) is 0 Å². The molecule has 1 rings (SSSR count). The molecule has 0 unspecified atom stereocenters. The maximum Gasteiger partial charge on any atom is 0.417 e. The van der Waals surface area contributed by atoms with Gasteiger partial charge >= 0.3 is 6.18 Å². The van der Waals surface area contributed by atoms with Gasteiger partial charge in [-0.05, 0) is 41.0 Å². The summed E-state index contributed by atoms with van der Waals surface area (Å²) in [5.41, 5.74) is -0.646. The predicted molar refractivity (Wildman–Crippen MR) is 62.5 cm³/mol. The van der Waals surface area contributed by atoms with Crippen LogP contribution >= 0.6 is 34.4 Å². The van der Waals surface area contributed by atoms with Crippen LogP contribution in [0.1, 0.15) is 5.56 Å². The fraction of sp³-hybridized carbons (Fsp3) is 0.333. The van der Waals surface area contributed by atoms with E-state index in [4.69, 9.17) is 4.74 Å². The number of hydrogen-bond acceptors (Lipinski definition) is 2. The first-order valence-electron chi connectivity index (χ1n) is 3.89. The van der Waals surface area contributed by atoms with Crippen LogP contribution in [0.25, 0.3) is 0 Å². The predicted octanol–water partition coefficient (Wildman–Crippen LogP) is 4.04. The van der Waals surface area contributed by atoms with Gasteiger partial charge in [0.1, 0.15) is 5.75 Å². The van der Waals surface area contributed by atoms with Crippen LogP contribution in [0.3, 0.4) is 0 Å². The lowest BCUT2D eigenvalue weighted by molar-refractivity contribution is -0.139. The Morgan fingerprint density at radius 1 is 1.33 bits per heavy atom. The Kier molecular flexibility index (Phi) is 4.16. The Labute approximate surface area is 104 Å². The topological polar surface area (TPSA) is 9.23 Å². The SMILES string of the molecule is COc1cc(C(F)(F)F)c(SC)cc1I. The molecule has 0 aliphatic rings. The molecule has 0 spiro atoms. The third-order valence-corrected chi connectivity index (χ3v) is 3.40. The van der Waals surface area contributed by atoms with Gasteiger partial charge in [0.25, 0.3) is 0 Å². The maximum absolute atomic E-state index is 12.6. The van der Waals surface area contributed by atoms with Crippen LogP contribution < -0.4 is 4.74 Å². The van der Waals surface area contributed by atoms with Gasteiger partial charge in [-0.2, -0.15) is 13.2 Å². The summed E-state index contributed by atoms with van der Waals surface area (Å²) in [4.78, 5) is 0.215. The fourth-order valence-corrected chi connectivity index (χ4v) is 2.61.